The molecule has 0 unspecified atom stereocenters. The fraction of sp³-hybridized carbons (Fsp3) is 0.281. The van der Waals surface area contributed by atoms with E-state index in [0.29, 0.717) is 11.4 Å². The van der Waals surface area contributed by atoms with E-state index in [1.165, 1.54) is 5.56 Å². The van der Waals surface area contributed by atoms with Crippen LogP contribution in [-0.4, -0.2) is 16.8 Å². The van der Waals surface area contributed by atoms with Crippen LogP contribution in [0.5, 0.6) is 0 Å². The predicted octanol–water partition coefficient (Wildman–Crippen LogP) is 9.15. The molecule has 3 rings (SSSR count). The van der Waals surface area contributed by atoms with Gasteiger partial charge in [0.15, 0.2) is 0 Å². The first-order chi connectivity index (χ1) is 18.5. The highest BCUT2D eigenvalue weighted by Gasteiger charge is 2.12. The van der Waals surface area contributed by atoms with Crippen molar-refractivity contribution in [3.05, 3.63) is 122 Å². The van der Waals surface area contributed by atoms with Gasteiger partial charge in [-0.15, -0.1) is 26.3 Å². The lowest BCUT2D eigenvalue weighted by molar-refractivity contribution is 0.754. The molecule has 3 aromatic rings. The molecular formula is C32H47FN4S. The number of halogens is 1. The van der Waals surface area contributed by atoms with Gasteiger partial charge in [-0.1, -0.05) is 82.8 Å². The van der Waals surface area contributed by atoms with Crippen LogP contribution in [0.4, 0.5) is 3.89 Å². The SMILES string of the molecule is C=C.C=C.C=C(/C=C(/NCc1ccc(CNC)cc1)n1ncc(SF)c1C)c1ccccc1C.CC.CC. The van der Waals surface area contributed by atoms with Crippen LogP contribution in [0.1, 0.15) is 55.6 Å². The topological polar surface area (TPSA) is 41.9 Å². The van der Waals surface area contributed by atoms with E-state index in [0.717, 1.165) is 40.3 Å². The van der Waals surface area contributed by atoms with Crippen LogP contribution in [0.25, 0.3) is 11.4 Å². The number of allylic oxidation sites excluding steroid dienone is 2. The number of nitrogens with one attached hydrogen (secondary N) is 2. The Bertz CT molecular complexity index is 1070. The van der Waals surface area contributed by atoms with Crippen molar-refractivity contribution in [3.8, 4) is 0 Å². The summed E-state index contributed by atoms with van der Waals surface area (Å²) in [6, 6.07) is 16.5. The lowest BCUT2D eigenvalue weighted by Crippen LogP contribution is -2.19. The van der Waals surface area contributed by atoms with Crippen molar-refractivity contribution in [1.82, 2.24) is 20.4 Å². The summed E-state index contributed by atoms with van der Waals surface area (Å²) in [5.74, 6) is 0.750. The molecule has 0 radical (unpaired) electrons. The Morgan fingerprint density at radius 3 is 1.92 bits per heavy atom. The smallest absolute Gasteiger partial charge is 0.128 e. The highest BCUT2D eigenvalue weighted by atomic mass is 32.2. The average molecular weight is 539 g/mol. The van der Waals surface area contributed by atoms with Crippen molar-refractivity contribution < 1.29 is 3.89 Å². The molecule has 0 saturated heterocycles. The summed E-state index contributed by atoms with van der Waals surface area (Å²) >= 11 is 0.205. The van der Waals surface area contributed by atoms with E-state index in [9.17, 15) is 3.89 Å². The van der Waals surface area contributed by atoms with Gasteiger partial charge < -0.3 is 10.6 Å². The number of hydrogen-bond donors (Lipinski definition) is 2. The fourth-order valence-corrected chi connectivity index (χ4v) is 3.53. The zero-order valence-corrected chi connectivity index (χ0v) is 25.2. The molecule has 38 heavy (non-hydrogen) atoms. The summed E-state index contributed by atoms with van der Waals surface area (Å²) in [5.41, 5.74) is 6.20. The van der Waals surface area contributed by atoms with Crippen LogP contribution in [-0.2, 0) is 13.1 Å². The molecular weight excluding hydrogens is 491 g/mol. The maximum absolute atomic E-state index is 13.2. The van der Waals surface area contributed by atoms with Crippen molar-refractivity contribution >= 4 is 23.5 Å². The maximum atomic E-state index is 13.2. The second-order valence-electron chi connectivity index (χ2n) is 7.15. The van der Waals surface area contributed by atoms with Crippen molar-refractivity contribution in [2.24, 2.45) is 0 Å². The lowest BCUT2D eigenvalue weighted by atomic mass is 10.0. The van der Waals surface area contributed by atoms with Gasteiger partial charge in [0.05, 0.1) is 28.9 Å². The minimum atomic E-state index is 0.205. The average Bonchev–Trinajstić information content (AvgIpc) is 3.36. The fourth-order valence-electron chi connectivity index (χ4n) is 3.25. The second kappa shape index (κ2) is 22.8. The standard InChI is InChI=1S/C24H27FN4S.2C2H6.2C2H4/c1-17-7-5-6-8-22(17)18(2)13-24(29-19(3)23(30-25)16-28-29)27-15-21-11-9-20(10-12-21)14-26-4;4*1-2/h5-13,16,26-27H,2,14-15H2,1,3-4H3;2*1-2H3;2*1-2H2/b24-13-;;;;. The summed E-state index contributed by atoms with van der Waals surface area (Å²) in [5, 5.41) is 11.0. The molecule has 0 aliphatic heterocycles. The van der Waals surface area contributed by atoms with E-state index in [2.05, 4.69) is 85.9 Å². The molecule has 2 aromatic carbocycles. The van der Waals surface area contributed by atoms with E-state index >= 15 is 0 Å². The molecule has 0 aliphatic rings. The Morgan fingerprint density at radius 1 is 0.921 bits per heavy atom. The van der Waals surface area contributed by atoms with E-state index in [4.69, 9.17) is 0 Å². The number of hydrogen-bond acceptors (Lipinski definition) is 4. The zero-order valence-electron chi connectivity index (χ0n) is 24.4. The third kappa shape index (κ3) is 11.8. The number of rotatable bonds is 9. The highest BCUT2D eigenvalue weighted by molar-refractivity contribution is 7.94. The molecule has 208 valence electrons. The van der Waals surface area contributed by atoms with Gasteiger partial charge in [-0.25, -0.2) is 4.68 Å². The Kier molecular flexibility index (Phi) is 22.1. The number of aryl methyl sites for hydroxylation is 1. The van der Waals surface area contributed by atoms with Gasteiger partial charge >= 0.3 is 0 Å². The molecule has 0 spiro atoms. The molecule has 0 fully saturated rings. The van der Waals surface area contributed by atoms with E-state index < -0.39 is 0 Å². The monoisotopic (exact) mass is 538 g/mol. The number of benzene rings is 2. The van der Waals surface area contributed by atoms with Gasteiger partial charge in [0.2, 0.25) is 0 Å². The molecule has 2 N–H and O–H groups in total. The molecule has 0 aliphatic carbocycles. The van der Waals surface area contributed by atoms with Crippen LogP contribution >= 0.6 is 12.1 Å². The summed E-state index contributed by atoms with van der Waals surface area (Å²) in [6.07, 6.45) is 3.50. The summed E-state index contributed by atoms with van der Waals surface area (Å²) in [7, 11) is 1.93. The molecule has 6 heteroatoms. The first-order valence-corrected chi connectivity index (χ1v) is 13.5. The highest BCUT2D eigenvalue weighted by Crippen LogP contribution is 2.26. The maximum Gasteiger partial charge on any atom is 0.128 e. The summed E-state index contributed by atoms with van der Waals surface area (Å²) in [4.78, 5) is 0.501. The third-order valence-corrected chi connectivity index (χ3v) is 5.52. The van der Waals surface area contributed by atoms with Gasteiger partial charge in [-0.3, -0.25) is 0 Å². The van der Waals surface area contributed by atoms with Crippen LogP contribution in [0, 0.1) is 13.8 Å². The van der Waals surface area contributed by atoms with Crippen molar-refractivity contribution in [2.45, 2.75) is 59.5 Å². The Labute approximate surface area is 235 Å². The van der Waals surface area contributed by atoms with E-state index in [1.54, 1.807) is 10.9 Å². The molecule has 0 bridgehead atoms. The van der Waals surface area contributed by atoms with E-state index in [-0.39, 0.29) is 12.1 Å². The van der Waals surface area contributed by atoms with Gasteiger partial charge in [-0.2, -0.15) is 8.98 Å². The Hall–Kier alpha value is -3.35. The van der Waals surface area contributed by atoms with Crippen LogP contribution in [0.3, 0.4) is 0 Å². The Morgan fingerprint density at radius 2 is 1.45 bits per heavy atom. The second-order valence-corrected chi connectivity index (χ2v) is 7.75. The minimum Gasteiger partial charge on any atom is -0.366 e. The number of aromatic nitrogens is 2. The van der Waals surface area contributed by atoms with Gasteiger partial charge in [-0.05, 0) is 54.8 Å². The van der Waals surface area contributed by atoms with Crippen LogP contribution < -0.4 is 10.6 Å². The minimum absolute atomic E-state index is 0.205. The summed E-state index contributed by atoms with van der Waals surface area (Å²) in [6.45, 7) is 29.6. The molecule has 1 heterocycles. The quantitative estimate of drug-likeness (QED) is 0.210. The molecule has 1 aromatic heterocycles. The summed E-state index contributed by atoms with van der Waals surface area (Å²) < 4.78 is 14.9. The normalized spacial score (nSPS) is 9.63. The van der Waals surface area contributed by atoms with Crippen molar-refractivity contribution in [1.29, 1.82) is 0 Å². The van der Waals surface area contributed by atoms with E-state index in [1.807, 2.05) is 65.9 Å². The molecule has 0 saturated carbocycles. The third-order valence-electron chi connectivity index (χ3n) is 4.96. The zero-order chi connectivity index (χ0) is 29.5. The largest absolute Gasteiger partial charge is 0.366 e. The molecule has 0 amide bonds. The predicted molar refractivity (Wildman–Crippen MR) is 170 cm³/mol. The van der Waals surface area contributed by atoms with Gasteiger partial charge in [0.1, 0.15) is 5.82 Å². The lowest BCUT2D eigenvalue weighted by Gasteiger charge is -2.15. The van der Waals surface area contributed by atoms with Gasteiger partial charge in [0, 0.05) is 13.1 Å². The van der Waals surface area contributed by atoms with Gasteiger partial charge in [0.25, 0.3) is 0 Å². The number of nitrogens with zero attached hydrogens (tertiary/aromatic N) is 2. The Balaban J connectivity index is 0. The van der Waals surface area contributed by atoms with Crippen molar-refractivity contribution in [3.63, 3.8) is 0 Å². The van der Waals surface area contributed by atoms with Crippen LogP contribution in [0.15, 0.2) is 98.6 Å². The first-order valence-electron chi connectivity index (χ1n) is 12.8. The molecule has 4 nitrogen and oxygen atoms in total. The first kappa shape index (κ1) is 36.8. The van der Waals surface area contributed by atoms with Crippen molar-refractivity contribution in [2.75, 3.05) is 7.05 Å². The van der Waals surface area contributed by atoms with Crippen LogP contribution in [0.2, 0.25) is 0 Å². The molecule has 0 atom stereocenters.